The minimum atomic E-state index is -1.41. The summed E-state index contributed by atoms with van der Waals surface area (Å²) >= 11 is 0. The van der Waals surface area contributed by atoms with Gasteiger partial charge in [0, 0.05) is 0 Å². The summed E-state index contributed by atoms with van der Waals surface area (Å²) in [4.78, 5) is 23.1. The van der Waals surface area contributed by atoms with E-state index < -0.39 is 17.5 Å². The first-order valence-corrected chi connectivity index (χ1v) is 4.51. The Bertz CT molecular complexity index is 262. The molecule has 1 amide bonds. The summed E-state index contributed by atoms with van der Waals surface area (Å²) in [6.07, 6.45) is 0. The van der Waals surface area contributed by atoms with Gasteiger partial charge in [-0.2, -0.15) is 0 Å². The van der Waals surface area contributed by atoms with Gasteiger partial charge in [-0.1, -0.05) is 0 Å². The van der Waals surface area contributed by atoms with Gasteiger partial charge in [0.05, 0.1) is 24.8 Å². The molecule has 0 radical (unpaired) electrons. The third-order valence-electron chi connectivity index (χ3n) is 2.24. The standard InChI is InChI=1S/C9H15NO4/c1-6-4-14-9(2,3)5-10(6)7(11)8(12)13/h6H,4-5H2,1-3H3,(H,12,13). The van der Waals surface area contributed by atoms with Crippen LogP contribution in [0.3, 0.4) is 0 Å². The predicted molar refractivity (Wildman–Crippen MR) is 48.8 cm³/mol. The second-order valence-electron chi connectivity index (χ2n) is 4.16. The average molecular weight is 201 g/mol. The van der Waals surface area contributed by atoms with E-state index in [4.69, 9.17) is 9.84 Å². The van der Waals surface area contributed by atoms with E-state index in [9.17, 15) is 9.59 Å². The molecule has 14 heavy (non-hydrogen) atoms. The molecule has 0 bridgehead atoms. The van der Waals surface area contributed by atoms with Crippen molar-refractivity contribution in [3.05, 3.63) is 0 Å². The smallest absolute Gasteiger partial charge is 0.394 e. The Labute approximate surface area is 82.6 Å². The Balaban J connectivity index is 2.75. The average Bonchev–Trinajstić information content (AvgIpc) is 2.08. The largest absolute Gasteiger partial charge is 0.474 e. The van der Waals surface area contributed by atoms with Crippen molar-refractivity contribution < 1.29 is 19.4 Å². The number of aliphatic carboxylic acids is 1. The minimum Gasteiger partial charge on any atom is -0.474 e. The number of carboxylic acids is 1. The summed E-state index contributed by atoms with van der Waals surface area (Å²) < 4.78 is 5.45. The lowest BCUT2D eigenvalue weighted by Gasteiger charge is -2.41. The number of carboxylic acid groups (broad SMARTS) is 1. The molecular weight excluding hydrogens is 186 g/mol. The Kier molecular flexibility index (Phi) is 2.80. The molecule has 1 rings (SSSR count). The number of rotatable bonds is 0. The van der Waals surface area contributed by atoms with Gasteiger partial charge in [-0.15, -0.1) is 0 Å². The number of amides is 1. The number of hydrogen-bond acceptors (Lipinski definition) is 3. The normalized spacial score (nSPS) is 25.9. The predicted octanol–water partition coefficient (Wildman–Crippen LogP) is 0.0969. The number of carbonyl (C=O) groups is 2. The number of morpholine rings is 1. The van der Waals surface area contributed by atoms with E-state index in [1.54, 1.807) is 6.92 Å². The van der Waals surface area contributed by atoms with E-state index in [1.165, 1.54) is 4.90 Å². The Morgan fingerprint density at radius 2 is 2.07 bits per heavy atom. The molecule has 1 heterocycles. The van der Waals surface area contributed by atoms with Crippen LogP contribution in [0.15, 0.2) is 0 Å². The van der Waals surface area contributed by atoms with Crippen LogP contribution in [0.1, 0.15) is 20.8 Å². The van der Waals surface area contributed by atoms with Crippen molar-refractivity contribution in [2.75, 3.05) is 13.2 Å². The quantitative estimate of drug-likeness (QED) is 0.564. The molecule has 1 saturated heterocycles. The van der Waals surface area contributed by atoms with Crippen molar-refractivity contribution >= 4 is 11.9 Å². The number of hydrogen-bond donors (Lipinski definition) is 1. The highest BCUT2D eigenvalue weighted by Crippen LogP contribution is 2.20. The maximum absolute atomic E-state index is 11.3. The molecule has 0 aromatic heterocycles. The molecular formula is C9H15NO4. The van der Waals surface area contributed by atoms with Gasteiger partial charge in [0.25, 0.3) is 0 Å². The summed E-state index contributed by atoms with van der Waals surface area (Å²) in [6, 6.07) is -0.174. The molecule has 80 valence electrons. The summed E-state index contributed by atoms with van der Waals surface area (Å²) in [5, 5.41) is 8.59. The molecule has 1 unspecified atom stereocenters. The van der Waals surface area contributed by atoms with Crippen LogP contribution in [-0.4, -0.2) is 46.7 Å². The molecule has 1 atom stereocenters. The molecule has 1 N–H and O–H groups in total. The van der Waals surface area contributed by atoms with Crippen LogP contribution in [0.4, 0.5) is 0 Å². The molecule has 5 nitrogen and oxygen atoms in total. The molecule has 0 aromatic rings. The van der Waals surface area contributed by atoms with Gasteiger partial charge in [0.1, 0.15) is 0 Å². The fourth-order valence-corrected chi connectivity index (χ4v) is 1.44. The van der Waals surface area contributed by atoms with Crippen LogP contribution in [0.5, 0.6) is 0 Å². The zero-order chi connectivity index (χ0) is 10.9. The second kappa shape index (κ2) is 3.57. The lowest BCUT2D eigenvalue weighted by molar-refractivity contribution is -0.168. The first-order chi connectivity index (χ1) is 6.33. The zero-order valence-electron chi connectivity index (χ0n) is 8.61. The van der Waals surface area contributed by atoms with Gasteiger partial charge < -0.3 is 14.7 Å². The minimum absolute atomic E-state index is 0.174. The fraction of sp³-hybridized carbons (Fsp3) is 0.778. The van der Waals surface area contributed by atoms with E-state index in [0.717, 1.165) is 0 Å². The van der Waals surface area contributed by atoms with E-state index in [0.29, 0.717) is 13.2 Å². The second-order valence-corrected chi connectivity index (χ2v) is 4.16. The molecule has 5 heteroatoms. The number of carbonyl (C=O) groups excluding carboxylic acids is 1. The van der Waals surface area contributed by atoms with Gasteiger partial charge in [0.2, 0.25) is 0 Å². The van der Waals surface area contributed by atoms with Gasteiger partial charge >= 0.3 is 11.9 Å². The lowest BCUT2D eigenvalue weighted by atomic mass is 10.0. The first-order valence-electron chi connectivity index (χ1n) is 4.51. The zero-order valence-corrected chi connectivity index (χ0v) is 8.61. The monoisotopic (exact) mass is 201 g/mol. The summed E-state index contributed by atoms with van der Waals surface area (Å²) in [5.74, 6) is -2.26. The molecule has 0 saturated carbocycles. The van der Waals surface area contributed by atoms with Crippen molar-refractivity contribution in [1.82, 2.24) is 4.90 Å². The van der Waals surface area contributed by atoms with E-state index in [1.807, 2.05) is 13.8 Å². The third kappa shape index (κ3) is 2.23. The first kappa shape index (κ1) is 11.0. The third-order valence-corrected chi connectivity index (χ3v) is 2.24. The van der Waals surface area contributed by atoms with Crippen LogP contribution < -0.4 is 0 Å². The summed E-state index contributed by atoms with van der Waals surface area (Å²) in [7, 11) is 0. The Hall–Kier alpha value is -1.10. The van der Waals surface area contributed by atoms with Gasteiger partial charge in [0.15, 0.2) is 0 Å². The van der Waals surface area contributed by atoms with Crippen molar-refractivity contribution in [2.45, 2.75) is 32.4 Å². The Morgan fingerprint density at radius 3 is 2.57 bits per heavy atom. The van der Waals surface area contributed by atoms with E-state index in [2.05, 4.69) is 0 Å². The molecule has 0 spiro atoms. The summed E-state index contributed by atoms with van der Waals surface area (Å²) in [5.41, 5.74) is -0.461. The van der Waals surface area contributed by atoms with Gasteiger partial charge in [-0.25, -0.2) is 4.79 Å². The number of ether oxygens (including phenoxy) is 1. The maximum atomic E-state index is 11.3. The molecule has 0 aliphatic carbocycles. The van der Waals surface area contributed by atoms with Crippen LogP contribution in [0, 0.1) is 0 Å². The summed E-state index contributed by atoms with van der Waals surface area (Å²) in [6.45, 7) is 6.14. The topological polar surface area (TPSA) is 66.8 Å². The Morgan fingerprint density at radius 1 is 1.50 bits per heavy atom. The van der Waals surface area contributed by atoms with Crippen molar-refractivity contribution in [2.24, 2.45) is 0 Å². The number of nitrogens with zero attached hydrogens (tertiary/aromatic N) is 1. The van der Waals surface area contributed by atoms with Crippen LogP contribution in [-0.2, 0) is 14.3 Å². The van der Waals surface area contributed by atoms with Gasteiger partial charge in [-0.05, 0) is 20.8 Å². The van der Waals surface area contributed by atoms with E-state index in [-0.39, 0.29) is 6.04 Å². The van der Waals surface area contributed by atoms with Gasteiger partial charge in [-0.3, -0.25) is 4.79 Å². The highest BCUT2D eigenvalue weighted by molar-refractivity contribution is 6.31. The lowest BCUT2D eigenvalue weighted by Crippen LogP contribution is -2.56. The molecule has 0 aromatic carbocycles. The molecule has 1 aliphatic rings. The molecule has 1 fully saturated rings. The van der Waals surface area contributed by atoms with Crippen LogP contribution in [0.25, 0.3) is 0 Å². The van der Waals surface area contributed by atoms with Crippen LogP contribution >= 0.6 is 0 Å². The SMILES string of the molecule is CC1COC(C)(C)CN1C(=O)C(=O)O. The van der Waals surface area contributed by atoms with E-state index >= 15 is 0 Å². The highest BCUT2D eigenvalue weighted by Gasteiger charge is 2.36. The van der Waals surface area contributed by atoms with Crippen molar-refractivity contribution in [3.8, 4) is 0 Å². The molecule has 1 aliphatic heterocycles. The van der Waals surface area contributed by atoms with Crippen LogP contribution in [0.2, 0.25) is 0 Å². The maximum Gasteiger partial charge on any atom is 0.394 e. The van der Waals surface area contributed by atoms with Crippen molar-refractivity contribution in [1.29, 1.82) is 0 Å². The van der Waals surface area contributed by atoms with Crippen molar-refractivity contribution in [3.63, 3.8) is 0 Å². The fourth-order valence-electron chi connectivity index (χ4n) is 1.44. The highest BCUT2D eigenvalue weighted by atomic mass is 16.5.